The van der Waals surface area contributed by atoms with Crippen LogP contribution in [0.1, 0.15) is 27.3 Å². The first-order valence-electron chi connectivity index (χ1n) is 8.27. The largest absolute Gasteiger partial charge is 0.344 e. The zero-order chi connectivity index (χ0) is 18.7. The number of pyridine rings is 1. The van der Waals surface area contributed by atoms with Crippen LogP contribution in [-0.4, -0.2) is 10.5 Å². The Balaban J connectivity index is 1.97. The van der Waals surface area contributed by atoms with Crippen molar-refractivity contribution in [3.63, 3.8) is 0 Å². The van der Waals surface area contributed by atoms with Crippen molar-refractivity contribution >= 4 is 11.6 Å². The van der Waals surface area contributed by atoms with Crippen LogP contribution in [0.2, 0.25) is 0 Å². The van der Waals surface area contributed by atoms with Gasteiger partial charge in [-0.15, -0.1) is 0 Å². The fraction of sp³-hybridized carbons (Fsp3) is 0.143. The molecule has 5 heteroatoms. The molecule has 0 atom stereocenters. The Morgan fingerprint density at radius 2 is 1.69 bits per heavy atom. The summed E-state index contributed by atoms with van der Waals surface area (Å²) in [6.07, 6.45) is 0. The van der Waals surface area contributed by atoms with Gasteiger partial charge in [0.25, 0.3) is 5.91 Å². The number of anilines is 1. The number of hydrogen-bond acceptors (Lipinski definition) is 2. The van der Waals surface area contributed by atoms with E-state index in [-0.39, 0.29) is 16.8 Å². The Morgan fingerprint density at radius 1 is 1.04 bits per heavy atom. The van der Waals surface area contributed by atoms with Crippen molar-refractivity contribution in [1.29, 1.82) is 0 Å². The van der Waals surface area contributed by atoms with Crippen LogP contribution >= 0.6 is 0 Å². The van der Waals surface area contributed by atoms with Crippen LogP contribution < -0.4 is 10.7 Å². The molecule has 0 saturated carbocycles. The first-order chi connectivity index (χ1) is 12.5. The van der Waals surface area contributed by atoms with Crippen molar-refractivity contribution in [2.75, 3.05) is 5.32 Å². The number of hydrogen-bond donors (Lipinski definition) is 1. The van der Waals surface area contributed by atoms with Gasteiger partial charge >= 0.3 is 0 Å². The SMILES string of the molecule is Cc1cc(=O)c(C(=O)Nc2ccccc2)c(C)n1Cc1ccc(F)cc1. The van der Waals surface area contributed by atoms with Crippen molar-refractivity contribution in [2.45, 2.75) is 20.4 Å². The molecule has 0 aliphatic heterocycles. The number of nitrogens with zero attached hydrogens (tertiary/aromatic N) is 1. The molecule has 4 nitrogen and oxygen atoms in total. The van der Waals surface area contributed by atoms with Gasteiger partial charge in [0.05, 0.1) is 0 Å². The summed E-state index contributed by atoms with van der Waals surface area (Å²) < 4.78 is 15.0. The average Bonchev–Trinajstić information content (AvgIpc) is 2.61. The van der Waals surface area contributed by atoms with E-state index in [1.807, 2.05) is 29.7 Å². The molecule has 132 valence electrons. The number of rotatable bonds is 4. The van der Waals surface area contributed by atoms with Crippen molar-refractivity contribution in [1.82, 2.24) is 4.57 Å². The first kappa shape index (κ1) is 17.6. The normalized spacial score (nSPS) is 10.6. The second-order valence-electron chi connectivity index (χ2n) is 6.14. The van der Waals surface area contributed by atoms with E-state index in [4.69, 9.17) is 0 Å². The van der Waals surface area contributed by atoms with E-state index >= 15 is 0 Å². The van der Waals surface area contributed by atoms with E-state index < -0.39 is 5.91 Å². The average molecular weight is 350 g/mol. The zero-order valence-corrected chi connectivity index (χ0v) is 14.6. The van der Waals surface area contributed by atoms with Crippen molar-refractivity contribution in [3.05, 3.63) is 99.2 Å². The lowest BCUT2D eigenvalue weighted by atomic mass is 10.1. The number of benzene rings is 2. The number of nitrogens with one attached hydrogen (secondary N) is 1. The zero-order valence-electron chi connectivity index (χ0n) is 14.6. The maximum Gasteiger partial charge on any atom is 0.261 e. The van der Waals surface area contributed by atoms with Gasteiger partial charge in [0.15, 0.2) is 5.43 Å². The van der Waals surface area contributed by atoms with E-state index in [0.717, 1.165) is 11.3 Å². The Kier molecular flexibility index (Phi) is 4.98. The number of para-hydroxylation sites is 1. The minimum Gasteiger partial charge on any atom is -0.344 e. The van der Waals surface area contributed by atoms with Crippen molar-refractivity contribution < 1.29 is 9.18 Å². The van der Waals surface area contributed by atoms with Gasteiger partial charge in [-0.2, -0.15) is 0 Å². The predicted octanol–water partition coefficient (Wildman–Crippen LogP) is 3.90. The van der Waals surface area contributed by atoms with E-state index in [1.165, 1.54) is 18.2 Å². The summed E-state index contributed by atoms with van der Waals surface area (Å²) >= 11 is 0. The Labute approximate surface area is 150 Å². The summed E-state index contributed by atoms with van der Waals surface area (Å²) in [6.45, 7) is 4.01. The molecule has 0 spiro atoms. The number of aryl methyl sites for hydroxylation is 1. The van der Waals surface area contributed by atoms with E-state index in [1.54, 1.807) is 31.2 Å². The standard InChI is InChI=1S/C21H19FN2O2/c1-14-12-19(25)20(21(26)23-18-6-4-3-5-7-18)15(2)24(14)13-16-8-10-17(22)11-9-16/h3-12H,13H2,1-2H3,(H,23,26). The third-order valence-electron chi connectivity index (χ3n) is 4.29. The second kappa shape index (κ2) is 7.35. The van der Waals surface area contributed by atoms with E-state index in [0.29, 0.717) is 17.9 Å². The highest BCUT2D eigenvalue weighted by Gasteiger charge is 2.17. The summed E-state index contributed by atoms with van der Waals surface area (Å²) in [7, 11) is 0. The van der Waals surface area contributed by atoms with Crippen LogP contribution in [0, 0.1) is 19.7 Å². The summed E-state index contributed by atoms with van der Waals surface area (Å²) in [4.78, 5) is 25.1. The van der Waals surface area contributed by atoms with Gasteiger partial charge in [0.1, 0.15) is 11.4 Å². The molecule has 1 aromatic heterocycles. The summed E-state index contributed by atoms with van der Waals surface area (Å²) in [5.41, 5.74) is 2.63. The molecule has 1 heterocycles. The number of aromatic nitrogens is 1. The Morgan fingerprint density at radius 3 is 2.35 bits per heavy atom. The maximum atomic E-state index is 13.1. The monoisotopic (exact) mass is 350 g/mol. The molecule has 0 radical (unpaired) electrons. The maximum absolute atomic E-state index is 13.1. The van der Waals surface area contributed by atoms with Crippen LogP contribution in [0.15, 0.2) is 65.5 Å². The summed E-state index contributed by atoms with van der Waals surface area (Å²) in [5, 5.41) is 2.76. The third kappa shape index (κ3) is 3.72. The fourth-order valence-corrected chi connectivity index (χ4v) is 2.92. The molecular formula is C21H19FN2O2. The molecule has 26 heavy (non-hydrogen) atoms. The van der Waals surface area contributed by atoms with Gasteiger partial charge in [-0.1, -0.05) is 30.3 Å². The van der Waals surface area contributed by atoms with Crippen molar-refractivity contribution in [3.8, 4) is 0 Å². The molecule has 3 aromatic rings. The van der Waals surface area contributed by atoms with E-state index in [9.17, 15) is 14.0 Å². The van der Waals surface area contributed by atoms with Crippen LogP contribution in [0.25, 0.3) is 0 Å². The summed E-state index contributed by atoms with van der Waals surface area (Å²) in [6, 6.07) is 16.6. The Bertz CT molecular complexity index is 993. The molecule has 1 amide bonds. The molecule has 1 N–H and O–H groups in total. The van der Waals surface area contributed by atoms with E-state index in [2.05, 4.69) is 5.32 Å². The van der Waals surface area contributed by atoms with Crippen LogP contribution in [0.4, 0.5) is 10.1 Å². The fourth-order valence-electron chi connectivity index (χ4n) is 2.92. The minimum atomic E-state index is -0.438. The molecule has 2 aromatic carbocycles. The number of carbonyl (C=O) groups excluding carboxylic acids is 1. The van der Waals surface area contributed by atoms with Gasteiger partial charge in [-0.3, -0.25) is 9.59 Å². The van der Waals surface area contributed by atoms with Gasteiger partial charge in [0, 0.05) is 29.7 Å². The third-order valence-corrected chi connectivity index (χ3v) is 4.29. The van der Waals surface area contributed by atoms with Crippen LogP contribution in [0.5, 0.6) is 0 Å². The second-order valence-corrected chi connectivity index (χ2v) is 6.14. The molecule has 0 saturated heterocycles. The van der Waals surface area contributed by atoms with Crippen molar-refractivity contribution in [2.24, 2.45) is 0 Å². The highest BCUT2D eigenvalue weighted by atomic mass is 19.1. The lowest BCUT2D eigenvalue weighted by Crippen LogP contribution is -2.27. The molecule has 0 bridgehead atoms. The molecule has 0 aliphatic rings. The summed E-state index contributed by atoms with van der Waals surface area (Å²) in [5.74, 6) is -0.739. The highest BCUT2D eigenvalue weighted by molar-refractivity contribution is 6.04. The molecule has 0 aliphatic carbocycles. The van der Waals surface area contributed by atoms with Gasteiger partial charge in [-0.25, -0.2) is 4.39 Å². The smallest absolute Gasteiger partial charge is 0.261 e. The highest BCUT2D eigenvalue weighted by Crippen LogP contribution is 2.14. The molecule has 0 fully saturated rings. The Hall–Kier alpha value is -3.21. The molecule has 0 unspecified atom stereocenters. The van der Waals surface area contributed by atoms with Gasteiger partial charge in [0.2, 0.25) is 0 Å². The van der Waals surface area contributed by atoms with Crippen LogP contribution in [-0.2, 0) is 6.54 Å². The predicted molar refractivity (Wildman–Crippen MR) is 100 cm³/mol. The molecular weight excluding hydrogens is 331 g/mol. The number of carbonyl (C=O) groups is 1. The molecule has 3 rings (SSSR count). The number of amides is 1. The minimum absolute atomic E-state index is 0.113. The first-order valence-corrected chi connectivity index (χ1v) is 8.27. The number of halogens is 1. The lowest BCUT2D eigenvalue weighted by Gasteiger charge is -2.17. The van der Waals surface area contributed by atoms with Crippen LogP contribution in [0.3, 0.4) is 0 Å². The van der Waals surface area contributed by atoms with Gasteiger partial charge in [-0.05, 0) is 43.7 Å². The quantitative estimate of drug-likeness (QED) is 0.776. The topological polar surface area (TPSA) is 51.1 Å². The van der Waals surface area contributed by atoms with Gasteiger partial charge < -0.3 is 9.88 Å². The lowest BCUT2D eigenvalue weighted by molar-refractivity contribution is 0.102.